The smallest absolute Gasteiger partial charge is 0.134 e. The SMILES string of the molecule is Oc1ccc(CN(CC2CCNCC2)C2CC2)cc1Cl. The lowest BCUT2D eigenvalue weighted by atomic mass is 9.97. The molecule has 0 aromatic heterocycles. The lowest BCUT2D eigenvalue weighted by Gasteiger charge is -2.30. The number of piperidine rings is 1. The van der Waals surface area contributed by atoms with Crippen LogP contribution < -0.4 is 5.32 Å². The highest BCUT2D eigenvalue weighted by Crippen LogP contribution is 2.31. The van der Waals surface area contributed by atoms with Gasteiger partial charge in [-0.05, 0) is 62.4 Å². The molecule has 2 N–H and O–H groups in total. The van der Waals surface area contributed by atoms with Gasteiger partial charge in [0.25, 0.3) is 0 Å². The van der Waals surface area contributed by atoms with Crippen molar-refractivity contribution in [3.8, 4) is 5.75 Å². The monoisotopic (exact) mass is 294 g/mol. The fraction of sp³-hybridized carbons (Fsp3) is 0.625. The highest BCUT2D eigenvalue weighted by molar-refractivity contribution is 6.32. The molecule has 1 saturated heterocycles. The van der Waals surface area contributed by atoms with Crippen LogP contribution >= 0.6 is 11.6 Å². The van der Waals surface area contributed by atoms with E-state index in [1.807, 2.05) is 12.1 Å². The van der Waals surface area contributed by atoms with Crippen LogP contribution in [-0.2, 0) is 6.54 Å². The number of nitrogens with zero attached hydrogens (tertiary/aromatic N) is 1. The molecule has 1 saturated carbocycles. The summed E-state index contributed by atoms with van der Waals surface area (Å²) in [7, 11) is 0. The first-order valence-corrected chi connectivity index (χ1v) is 8.02. The molecule has 0 atom stereocenters. The maximum Gasteiger partial charge on any atom is 0.134 e. The van der Waals surface area contributed by atoms with Gasteiger partial charge in [-0.3, -0.25) is 4.90 Å². The van der Waals surface area contributed by atoms with Gasteiger partial charge < -0.3 is 10.4 Å². The fourth-order valence-electron chi connectivity index (χ4n) is 3.06. The summed E-state index contributed by atoms with van der Waals surface area (Å²) in [6, 6.07) is 6.35. The van der Waals surface area contributed by atoms with Crippen molar-refractivity contribution in [1.29, 1.82) is 0 Å². The Kier molecular flexibility index (Phi) is 4.49. The van der Waals surface area contributed by atoms with E-state index in [-0.39, 0.29) is 5.75 Å². The normalized spacial score (nSPS) is 20.5. The van der Waals surface area contributed by atoms with Crippen molar-refractivity contribution >= 4 is 11.6 Å². The Labute approximate surface area is 125 Å². The van der Waals surface area contributed by atoms with Gasteiger partial charge in [0, 0.05) is 19.1 Å². The first-order valence-electron chi connectivity index (χ1n) is 7.64. The lowest BCUT2D eigenvalue weighted by Crippen LogP contribution is -2.37. The van der Waals surface area contributed by atoms with Crippen LogP contribution in [0.25, 0.3) is 0 Å². The van der Waals surface area contributed by atoms with Crippen molar-refractivity contribution in [2.75, 3.05) is 19.6 Å². The van der Waals surface area contributed by atoms with Gasteiger partial charge in [-0.2, -0.15) is 0 Å². The summed E-state index contributed by atoms with van der Waals surface area (Å²) < 4.78 is 0. The van der Waals surface area contributed by atoms with Gasteiger partial charge in [0.2, 0.25) is 0 Å². The standard InChI is InChI=1S/C16H23ClN2O/c17-15-9-13(1-4-16(15)20)11-19(14-2-3-14)10-12-5-7-18-8-6-12/h1,4,9,12,14,18,20H,2-3,5-8,10-11H2. The summed E-state index contributed by atoms with van der Waals surface area (Å²) >= 11 is 6.01. The van der Waals surface area contributed by atoms with Crippen LogP contribution in [0.5, 0.6) is 5.75 Å². The van der Waals surface area contributed by atoms with E-state index >= 15 is 0 Å². The number of aromatic hydroxyl groups is 1. The Morgan fingerprint density at radius 2 is 1.95 bits per heavy atom. The van der Waals surface area contributed by atoms with Gasteiger partial charge in [0.15, 0.2) is 0 Å². The zero-order valence-electron chi connectivity index (χ0n) is 11.8. The molecule has 1 aliphatic carbocycles. The van der Waals surface area contributed by atoms with Crippen molar-refractivity contribution in [3.05, 3.63) is 28.8 Å². The molecular formula is C16H23ClN2O. The molecule has 0 radical (unpaired) electrons. The summed E-state index contributed by atoms with van der Waals surface area (Å²) in [6.45, 7) is 4.47. The quantitative estimate of drug-likeness (QED) is 0.876. The molecule has 2 aliphatic rings. The van der Waals surface area contributed by atoms with Gasteiger partial charge in [-0.1, -0.05) is 17.7 Å². The molecule has 0 amide bonds. The van der Waals surface area contributed by atoms with Gasteiger partial charge >= 0.3 is 0 Å². The molecule has 0 bridgehead atoms. The van der Waals surface area contributed by atoms with Crippen molar-refractivity contribution in [2.45, 2.75) is 38.3 Å². The number of halogens is 1. The molecule has 0 unspecified atom stereocenters. The molecule has 0 spiro atoms. The summed E-state index contributed by atoms with van der Waals surface area (Å²) in [5.41, 5.74) is 1.20. The molecule has 1 aromatic rings. The van der Waals surface area contributed by atoms with E-state index in [1.165, 1.54) is 37.8 Å². The van der Waals surface area contributed by atoms with Gasteiger partial charge in [-0.25, -0.2) is 0 Å². The summed E-state index contributed by atoms with van der Waals surface area (Å²) in [6.07, 6.45) is 5.24. The lowest BCUT2D eigenvalue weighted by molar-refractivity contribution is 0.190. The second kappa shape index (κ2) is 6.33. The molecule has 3 rings (SSSR count). The summed E-state index contributed by atoms with van der Waals surface area (Å²) in [4.78, 5) is 2.61. The van der Waals surface area contributed by atoms with Gasteiger partial charge in [0.05, 0.1) is 5.02 Å². The Morgan fingerprint density at radius 1 is 1.20 bits per heavy atom. The maximum absolute atomic E-state index is 9.51. The third kappa shape index (κ3) is 3.66. The van der Waals surface area contributed by atoms with E-state index in [2.05, 4.69) is 10.2 Å². The Hall–Kier alpha value is -0.770. The number of phenols is 1. The van der Waals surface area contributed by atoms with Crippen molar-refractivity contribution in [3.63, 3.8) is 0 Å². The minimum atomic E-state index is 0.173. The van der Waals surface area contributed by atoms with Crippen LogP contribution in [0.15, 0.2) is 18.2 Å². The van der Waals surface area contributed by atoms with E-state index < -0.39 is 0 Å². The zero-order chi connectivity index (χ0) is 13.9. The van der Waals surface area contributed by atoms with Crippen LogP contribution in [0.1, 0.15) is 31.2 Å². The molecule has 2 fully saturated rings. The predicted molar refractivity (Wildman–Crippen MR) is 82.1 cm³/mol. The third-order valence-electron chi connectivity index (χ3n) is 4.41. The molecule has 20 heavy (non-hydrogen) atoms. The largest absolute Gasteiger partial charge is 0.506 e. The number of benzene rings is 1. The van der Waals surface area contributed by atoms with Crippen LogP contribution in [0.4, 0.5) is 0 Å². The molecule has 1 heterocycles. The van der Waals surface area contributed by atoms with E-state index in [1.54, 1.807) is 6.07 Å². The number of rotatable bonds is 5. The minimum absolute atomic E-state index is 0.173. The molecule has 110 valence electrons. The van der Waals surface area contributed by atoms with E-state index in [0.717, 1.165) is 31.6 Å². The third-order valence-corrected chi connectivity index (χ3v) is 4.72. The Morgan fingerprint density at radius 3 is 2.60 bits per heavy atom. The van der Waals surface area contributed by atoms with Crippen LogP contribution in [0, 0.1) is 5.92 Å². The molecular weight excluding hydrogens is 272 g/mol. The highest BCUT2D eigenvalue weighted by atomic mass is 35.5. The number of hydrogen-bond donors (Lipinski definition) is 2. The van der Waals surface area contributed by atoms with Crippen LogP contribution in [-0.4, -0.2) is 35.7 Å². The van der Waals surface area contributed by atoms with Gasteiger partial charge in [0.1, 0.15) is 5.75 Å². The highest BCUT2D eigenvalue weighted by Gasteiger charge is 2.30. The second-order valence-corrected chi connectivity index (χ2v) is 6.55. The fourth-order valence-corrected chi connectivity index (χ4v) is 3.26. The van der Waals surface area contributed by atoms with Crippen molar-refractivity contribution < 1.29 is 5.11 Å². The van der Waals surface area contributed by atoms with E-state index in [9.17, 15) is 5.11 Å². The van der Waals surface area contributed by atoms with E-state index in [4.69, 9.17) is 11.6 Å². The van der Waals surface area contributed by atoms with Crippen LogP contribution in [0.3, 0.4) is 0 Å². The average molecular weight is 295 g/mol. The zero-order valence-corrected chi connectivity index (χ0v) is 12.6. The van der Waals surface area contributed by atoms with Gasteiger partial charge in [-0.15, -0.1) is 0 Å². The summed E-state index contributed by atoms with van der Waals surface area (Å²) in [5, 5.41) is 13.4. The molecule has 1 aromatic carbocycles. The topological polar surface area (TPSA) is 35.5 Å². The predicted octanol–water partition coefficient (Wildman–Crippen LogP) is 3.01. The first kappa shape index (κ1) is 14.2. The molecule has 3 nitrogen and oxygen atoms in total. The average Bonchev–Trinajstić information content (AvgIpc) is 3.28. The maximum atomic E-state index is 9.51. The van der Waals surface area contributed by atoms with Crippen molar-refractivity contribution in [2.24, 2.45) is 5.92 Å². The number of phenolic OH excluding ortho intramolecular Hbond substituents is 1. The molecule has 1 aliphatic heterocycles. The summed E-state index contributed by atoms with van der Waals surface area (Å²) in [5.74, 6) is 0.996. The molecule has 4 heteroatoms. The van der Waals surface area contributed by atoms with E-state index in [0.29, 0.717) is 5.02 Å². The Bertz CT molecular complexity index is 456. The van der Waals surface area contributed by atoms with Crippen LogP contribution in [0.2, 0.25) is 5.02 Å². The number of nitrogens with one attached hydrogen (secondary N) is 1. The Balaban J connectivity index is 1.62. The van der Waals surface area contributed by atoms with Crippen molar-refractivity contribution in [1.82, 2.24) is 10.2 Å². The first-order chi connectivity index (χ1) is 9.72. The second-order valence-electron chi connectivity index (χ2n) is 6.14. The number of hydrogen-bond acceptors (Lipinski definition) is 3. The minimum Gasteiger partial charge on any atom is -0.506 e.